The van der Waals surface area contributed by atoms with Crippen molar-refractivity contribution in [1.29, 1.82) is 0 Å². The molecule has 1 aromatic heterocycles. The maximum Gasteiger partial charge on any atom is 0.250 e. The van der Waals surface area contributed by atoms with Gasteiger partial charge in [0.15, 0.2) is 16.7 Å². The lowest BCUT2D eigenvalue weighted by Gasteiger charge is -2.09. The number of aromatic nitrogens is 2. The molecule has 7 nitrogen and oxygen atoms in total. The van der Waals surface area contributed by atoms with E-state index in [1.54, 1.807) is 20.3 Å². The highest BCUT2D eigenvalue weighted by Crippen LogP contribution is 2.28. The standard InChI is InChI=1S/C21H24N4O3S/c1-5-25-17-9-7-6-8-16(17)22-21(25)29-13-20(26)24-23-14(2)15-10-11-18(27-3)19(12-15)28-4/h6-12H,5,13H2,1-4H3,(H,24,26)/b23-14-. The molecule has 1 N–H and O–H groups in total. The molecule has 0 saturated heterocycles. The number of ether oxygens (including phenoxy) is 2. The number of amides is 1. The first-order valence-electron chi connectivity index (χ1n) is 9.21. The Labute approximate surface area is 174 Å². The molecule has 152 valence electrons. The van der Waals surface area contributed by atoms with Crippen LogP contribution in [0.1, 0.15) is 19.4 Å². The van der Waals surface area contributed by atoms with Crippen molar-refractivity contribution in [2.24, 2.45) is 5.10 Å². The van der Waals surface area contributed by atoms with E-state index in [1.165, 1.54) is 11.8 Å². The molecule has 2 aromatic carbocycles. The molecule has 0 aliphatic rings. The Balaban J connectivity index is 1.64. The van der Waals surface area contributed by atoms with E-state index in [1.807, 2.05) is 43.3 Å². The number of para-hydroxylation sites is 2. The number of nitrogens with one attached hydrogen (secondary N) is 1. The van der Waals surface area contributed by atoms with Crippen LogP contribution in [0.2, 0.25) is 0 Å². The summed E-state index contributed by atoms with van der Waals surface area (Å²) in [7, 11) is 3.17. The fourth-order valence-corrected chi connectivity index (χ4v) is 3.77. The number of carbonyl (C=O) groups excluding carboxylic acids is 1. The van der Waals surface area contributed by atoms with Crippen molar-refractivity contribution in [1.82, 2.24) is 15.0 Å². The molecule has 1 amide bonds. The Kier molecular flexibility index (Phi) is 6.77. The van der Waals surface area contributed by atoms with E-state index in [2.05, 4.69) is 27.0 Å². The van der Waals surface area contributed by atoms with Gasteiger partial charge in [-0.2, -0.15) is 5.10 Å². The zero-order valence-electron chi connectivity index (χ0n) is 16.9. The Morgan fingerprint density at radius 2 is 1.93 bits per heavy atom. The number of rotatable bonds is 8. The van der Waals surface area contributed by atoms with Crippen molar-refractivity contribution >= 4 is 34.4 Å². The number of carbonyl (C=O) groups is 1. The minimum absolute atomic E-state index is 0.190. The van der Waals surface area contributed by atoms with Crippen LogP contribution in [-0.4, -0.2) is 41.1 Å². The number of nitrogens with zero attached hydrogens (tertiary/aromatic N) is 3. The molecule has 0 fully saturated rings. The summed E-state index contributed by atoms with van der Waals surface area (Å²) in [6, 6.07) is 13.5. The van der Waals surface area contributed by atoms with Gasteiger partial charge in [0.25, 0.3) is 5.91 Å². The molecule has 0 atom stereocenters. The van der Waals surface area contributed by atoms with Gasteiger partial charge in [0.1, 0.15) is 0 Å². The predicted octanol–water partition coefficient (Wildman–Crippen LogP) is 3.71. The summed E-state index contributed by atoms with van der Waals surface area (Å²) in [5, 5.41) is 5.03. The van der Waals surface area contributed by atoms with E-state index in [-0.39, 0.29) is 11.7 Å². The molecular formula is C21H24N4O3S. The van der Waals surface area contributed by atoms with Gasteiger partial charge in [-0.15, -0.1) is 0 Å². The third kappa shape index (κ3) is 4.71. The lowest BCUT2D eigenvalue weighted by molar-refractivity contribution is -0.118. The molecule has 0 bridgehead atoms. The summed E-state index contributed by atoms with van der Waals surface area (Å²) >= 11 is 1.40. The molecule has 3 aromatic rings. The Hall–Kier alpha value is -3.00. The smallest absolute Gasteiger partial charge is 0.250 e. The minimum atomic E-state index is -0.190. The first kappa shape index (κ1) is 20.7. The molecule has 29 heavy (non-hydrogen) atoms. The number of methoxy groups -OCH3 is 2. The molecule has 0 radical (unpaired) electrons. The second-order valence-electron chi connectivity index (χ2n) is 6.22. The van der Waals surface area contributed by atoms with E-state index in [9.17, 15) is 4.79 Å². The van der Waals surface area contributed by atoms with Gasteiger partial charge in [-0.25, -0.2) is 10.4 Å². The van der Waals surface area contributed by atoms with Gasteiger partial charge in [-0.05, 0) is 44.2 Å². The molecule has 0 saturated carbocycles. The first-order chi connectivity index (χ1) is 14.1. The monoisotopic (exact) mass is 412 g/mol. The number of fused-ring (bicyclic) bond motifs is 1. The fourth-order valence-electron chi connectivity index (χ4n) is 2.90. The zero-order chi connectivity index (χ0) is 20.8. The summed E-state index contributed by atoms with van der Waals surface area (Å²) in [4.78, 5) is 16.9. The Bertz CT molecular complexity index is 1050. The molecule has 0 aliphatic carbocycles. The van der Waals surface area contributed by atoms with Crippen LogP contribution < -0.4 is 14.9 Å². The number of benzene rings is 2. The van der Waals surface area contributed by atoms with Crippen molar-refractivity contribution in [3.8, 4) is 11.5 Å². The predicted molar refractivity (Wildman–Crippen MR) is 116 cm³/mol. The zero-order valence-corrected chi connectivity index (χ0v) is 17.7. The summed E-state index contributed by atoms with van der Waals surface area (Å²) in [6.45, 7) is 4.68. The molecule has 0 spiro atoms. The molecular weight excluding hydrogens is 388 g/mol. The van der Waals surface area contributed by atoms with Gasteiger partial charge in [0, 0.05) is 12.1 Å². The normalized spacial score (nSPS) is 11.5. The third-order valence-electron chi connectivity index (χ3n) is 4.42. The molecule has 1 heterocycles. The average molecular weight is 413 g/mol. The number of hydrogen-bond acceptors (Lipinski definition) is 6. The number of thioether (sulfide) groups is 1. The van der Waals surface area contributed by atoms with Gasteiger partial charge in [-0.1, -0.05) is 23.9 Å². The maximum atomic E-state index is 12.3. The van der Waals surface area contributed by atoms with Crippen molar-refractivity contribution in [3.05, 3.63) is 48.0 Å². The summed E-state index contributed by atoms with van der Waals surface area (Å²) in [5.74, 6) is 1.29. The molecule has 3 rings (SSSR count). The van der Waals surface area contributed by atoms with E-state index in [0.29, 0.717) is 17.2 Å². The van der Waals surface area contributed by atoms with Gasteiger partial charge >= 0.3 is 0 Å². The minimum Gasteiger partial charge on any atom is -0.493 e. The summed E-state index contributed by atoms with van der Waals surface area (Å²) < 4.78 is 12.6. The highest BCUT2D eigenvalue weighted by Gasteiger charge is 2.12. The third-order valence-corrected chi connectivity index (χ3v) is 5.39. The van der Waals surface area contributed by atoms with Crippen LogP contribution in [0.15, 0.2) is 52.7 Å². The largest absolute Gasteiger partial charge is 0.493 e. The van der Waals surface area contributed by atoms with Gasteiger partial charge in [0.2, 0.25) is 0 Å². The average Bonchev–Trinajstić information content (AvgIpc) is 3.12. The van der Waals surface area contributed by atoms with Crippen LogP contribution in [0.5, 0.6) is 11.5 Å². The first-order valence-corrected chi connectivity index (χ1v) is 10.2. The van der Waals surface area contributed by atoms with Crippen LogP contribution in [0.3, 0.4) is 0 Å². The quantitative estimate of drug-likeness (QED) is 0.347. The highest BCUT2D eigenvalue weighted by atomic mass is 32.2. The summed E-state index contributed by atoms with van der Waals surface area (Å²) in [5.41, 5.74) is 6.12. The van der Waals surface area contributed by atoms with E-state index >= 15 is 0 Å². The van der Waals surface area contributed by atoms with E-state index in [4.69, 9.17) is 9.47 Å². The number of hydrazone groups is 1. The highest BCUT2D eigenvalue weighted by molar-refractivity contribution is 7.99. The van der Waals surface area contributed by atoms with Crippen LogP contribution in [-0.2, 0) is 11.3 Å². The van der Waals surface area contributed by atoms with E-state index in [0.717, 1.165) is 28.3 Å². The van der Waals surface area contributed by atoms with Gasteiger partial charge < -0.3 is 14.0 Å². The second-order valence-corrected chi connectivity index (χ2v) is 7.16. The van der Waals surface area contributed by atoms with Gasteiger partial charge in [-0.3, -0.25) is 4.79 Å². The lowest BCUT2D eigenvalue weighted by atomic mass is 10.1. The van der Waals surface area contributed by atoms with Crippen molar-refractivity contribution < 1.29 is 14.3 Å². The molecule has 0 unspecified atom stereocenters. The SMILES string of the molecule is CCn1c(SCC(=O)N/N=C(/C)c2ccc(OC)c(OC)c2)nc2ccccc21. The number of imidazole rings is 1. The van der Waals surface area contributed by atoms with Gasteiger partial charge in [0.05, 0.1) is 36.7 Å². The summed E-state index contributed by atoms with van der Waals surface area (Å²) in [6.07, 6.45) is 0. The number of aryl methyl sites for hydroxylation is 1. The maximum absolute atomic E-state index is 12.3. The Morgan fingerprint density at radius 3 is 2.66 bits per heavy atom. The van der Waals surface area contributed by atoms with Crippen LogP contribution in [0.25, 0.3) is 11.0 Å². The van der Waals surface area contributed by atoms with Crippen molar-refractivity contribution in [2.45, 2.75) is 25.5 Å². The fraction of sp³-hybridized carbons (Fsp3) is 0.286. The van der Waals surface area contributed by atoms with Crippen LogP contribution in [0.4, 0.5) is 0 Å². The van der Waals surface area contributed by atoms with Crippen LogP contribution >= 0.6 is 11.8 Å². The molecule has 0 aliphatic heterocycles. The topological polar surface area (TPSA) is 77.7 Å². The van der Waals surface area contributed by atoms with E-state index < -0.39 is 0 Å². The Morgan fingerprint density at radius 1 is 1.17 bits per heavy atom. The molecule has 8 heteroatoms. The number of hydrogen-bond donors (Lipinski definition) is 1. The second kappa shape index (κ2) is 9.47. The lowest BCUT2D eigenvalue weighted by Crippen LogP contribution is -2.21. The van der Waals surface area contributed by atoms with Crippen LogP contribution in [0, 0.1) is 0 Å². The van der Waals surface area contributed by atoms with Crippen molar-refractivity contribution in [2.75, 3.05) is 20.0 Å². The van der Waals surface area contributed by atoms with Crippen molar-refractivity contribution in [3.63, 3.8) is 0 Å².